The lowest BCUT2D eigenvalue weighted by atomic mass is 9.96. The Labute approximate surface area is 155 Å². The van der Waals surface area contributed by atoms with Gasteiger partial charge in [-0.05, 0) is 51.1 Å². The predicted octanol–water partition coefficient (Wildman–Crippen LogP) is 1.99. The molecule has 1 aliphatic rings. The summed E-state index contributed by atoms with van der Waals surface area (Å²) in [4.78, 5) is 2.40. The molecule has 4 aromatic heterocycles. The minimum Gasteiger partial charge on any atom is -0.361 e. The zero-order valence-corrected chi connectivity index (χ0v) is 15.1. The molecule has 138 valence electrons. The van der Waals surface area contributed by atoms with Crippen molar-refractivity contribution in [2.24, 2.45) is 0 Å². The molecule has 0 aromatic carbocycles. The standard InChI is InChI=1S/C18H20N8O/c1-13-11-15(23-27-13)12-24-9-5-14(6-10-24)18-21-20-16-3-4-17(22-26(16)18)25-8-2-7-19-25/h2-4,7-8,11,14H,5-6,9-10,12H2,1H3. The molecule has 0 unspecified atom stereocenters. The number of nitrogens with zero attached hydrogens (tertiary/aromatic N) is 8. The lowest BCUT2D eigenvalue weighted by molar-refractivity contribution is 0.196. The third-order valence-electron chi connectivity index (χ3n) is 5.03. The van der Waals surface area contributed by atoms with Crippen molar-refractivity contribution in [2.45, 2.75) is 32.2 Å². The van der Waals surface area contributed by atoms with Crippen LogP contribution in [0.4, 0.5) is 0 Å². The van der Waals surface area contributed by atoms with Crippen molar-refractivity contribution in [3.8, 4) is 5.82 Å². The number of fused-ring (bicyclic) bond motifs is 1. The molecule has 0 N–H and O–H groups in total. The topological polar surface area (TPSA) is 90.2 Å². The van der Waals surface area contributed by atoms with Gasteiger partial charge in [0.2, 0.25) is 0 Å². The Morgan fingerprint density at radius 1 is 1.19 bits per heavy atom. The molecule has 4 aromatic rings. The number of hydrogen-bond acceptors (Lipinski definition) is 7. The Balaban J connectivity index is 1.33. The van der Waals surface area contributed by atoms with E-state index in [2.05, 4.69) is 25.4 Å². The molecule has 5 rings (SSSR count). The second kappa shape index (κ2) is 6.58. The van der Waals surface area contributed by atoms with E-state index in [1.807, 2.05) is 41.9 Å². The van der Waals surface area contributed by atoms with Gasteiger partial charge >= 0.3 is 0 Å². The average molecular weight is 364 g/mol. The van der Waals surface area contributed by atoms with Crippen molar-refractivity contribution >= 4 is 5.65 Å². The van der Waals surface area contributed by atoms with Crippen LogP contribution in [0.25, 0.3) is 11.5 Å². The molecule has 5 heterocycles. The van der Waals surface area contributed by atoms with Gasteiger partial charge in [-0.3, -0.25) is 4.90 Å². The van der Waals surface area contributed by atoms with E-state index >= 15 is 0 Å². The molecule has 1 fully saturated rings. The number of aromatic nitrogens is 7. The molecule has 0 radical (unpaired) electrons. The van der Waals surface area contributed by atoms with E-state index in [1.165, 1.54) is 0 Å². The van der Waals surface area contributed by atoms with Gasteiger partial charge in [0.25, 0.3) is 0 Å². The molecule has 0 spiro atoms. The van der Waals surface area contributed by atoms with Crippen molar-refractivity contribution in [2.75, 3.05) is 13.1 Å². The van der Waals surface area contributed by atoms with E-state index in [9.17, 15) is 0 Å². The van der Waals surface area contributed by atoms with Gasteiger partial charge in [0.15, 0.2) is 17.3 Å². The van der Waals surface area contributed by atoms with E-state index in [4.69, 9.17) is 9.62 Å². The molecule has 0 atom stereocenters. The van der Waals surface area contributed by atoms with Gasteiger partial charge in [-0.25, -0.2) is 4.68 Å². The highest BCUT2D eigenvalue weighted by molar-refractivity contribution is 5.39. The Hall–Kier alpha value is -3.07. The molecule has 0 aliphatic carbocycles. The first-order valence-electron chi connectivity index (χ1n) is 9.13. The van der Waals surface area contributed by atoms with Crippen LogP contribution in [0.5, 0.6) is 0 Å². The molecular formula is C18H20N8O. The lowest BCUT2D eigenvalue weighted by Crippen LogP contribution is -2.33. The number of likely N-dealkylation sites (tertiary alicyclic amines) is 1. The molecule has 27 heavy (non-hydrogen) atoms. The normalized spacial score (nSPS) is 16.3. The van der Waals surface area contributed by atoms with Gasteiger partial charge in [0.05, 0.1) is 5.69 Å². The Morgan fingerprint density at radius 3 is 2.81 bits per heavy atom. The van der Waals surface area contributed by atoms with Crippen LogP contribution in [0.3, 0.4) is 0 Å². The predicted molar refractivity (Wildman–Crippen MR) is 96.4 cm³/mol. The molecule has 9 heteroatoms. The summed E-state index contributed by atoms with van der Waals surface area (Å²) in [6, 6.07) is 7.72. The summed E-state index contributed by atoms with van der Waals surface area (Å²) in [5.41, 5.74) is 1.76. The molecule has 0 amide bonds. The Bertz CT molecular complexity index is 1040. The zero-order valence-electron chi connectivity index (χ0n) is 15.1. The number of aryl methyl sites for hydroxylation is 1. The maximum Gasteiger partial charge on any atom is 0.178 e. The summed E-state index contributed by atoms with van der Waals surface area (Å²) in [7, 11) is 0. The van der Waals surface area contributed by atoms with Gasteiger partial charge in [-0.15, -0.1) is 15.3 Å². The van der Waals surface area contributed by atoms with Gasteiger partial charge in [-0.2, -0.15) is 9.61 Å². The quantitative estimate of drug-likeness (QED) is 0.547. The third-order valence-corrected chi connectivity index (χ3v) is 5.03. The minimum atomic E-state index is 0.343. The fourth-order valence-corrected chi connectivity index (χ4v) is 3.65. The summed E-state index contributed by atoms with van der Waals surface area (Å²) in [6.07, 6.45) is 5.66. The van der Waals surface area contributed by atoms with Gasteiger partial charge < -0.3 is 4.52 Å². The highest BCUT2D eigenvalue weighted by Crippen LogP contribution is 2.27. The summed E-state index contributed by atoms with van der Waals surface area (Å²) < 4.78 is 8.76. The highest BCUT2D eigenvalue weighted by Gasteiger charge is 2.25. The second-order valence-corrected chi connectivity index (χ2v) is 6.95. The van der Waals surface area contributed by atoms with Gasteiger partial charge in [-0.1, -0.05) is 5.16 Å². The van der Waals surface area contributed by atoms with Crippen molar-refractivity contribution in [3.63, 3.8) is 0 Å². The summed E-state index contributed by atoms with van der Waals surface area (Å²) in [5, 5.41) is 21.8. The van der Waals surface area contributed by atoms with Crippen LogP contribution in [0.1, 0.15) is 36.0 Å². The summed E-state index contributed by atoms with van der Waals surface area (Å²) in [6.45, 7) is 4.73. The largest absolute Gasteiger partial charge is 0.361 e. The number of rotatable bonds is 4. The average Bonchev–Trinajstić information content (AvgIpc) is 3.43. The van der Waals surface area contributed by atoms with E-state index in [1.54, 1.807) is 10.9 Å². The van der Waals surface area contributed by atoms with E-state index in [-0.39, 0.29) is 0 Å². The Kier molecular flexibility index (Phi) is 3.93. The van der Waals surface area contributed by atoms with Crippen LogP contribution in [-0.2, 0) is 6.54 Å². The van der Waals surface area contributed by atoms with Crippen molar-refractivity contribution in [3.05, 3.63) is 53.9 Å². The molecule has 0 saturated carbocycles. The minimum absolute atomic E-state index is 0.343. The molecule has 1 aliphatic heterocycles. The fourth-order valence-electron chi connectivity index (χ4n) is 3.65. The van der Waals surface area contributed by atoms with Crippen molar-refractivity contribution in [1.29, 1.82) is 0 Å². The molecule has 0 bridgehead atoms. The zero-order chi connectivity index (χ0) is 18.2. The summed E-state index contributed by atoms with van der Waals surface area (Å²) >= 11 is 0. The van der Waals surface area contributed by atoms with Crippen LogP contribution < -0.4 is 0 Å². The number of hydrogen-bond donors (Lipinski definition) is 0. The lowest BCUT2D eigenvalue weighted by Gasteiger charge is -2.30. The SMILES string of the molecule is Cc1cc(CN2CCC(c3nnc4ccc(-n5cccn5)nn34)CC2)no1. The first kappa shape index (κ1) is 16.1. The van der Waals surface area contributed by atoms with Gasteiger partial charge in [0, 0.05) is 30.9 Å². The molecule has 1 saturated heterocycles. The smallest absolute Gasteiger partial charge is 0.178 e. The molecular weight excluding hydrogens is 344 g/mol. The van der Waals surface area contributed by atoms with Crippen LogP contribution in [0.2, 0.25) is 0 Å². The summed E-state index contributed by atoms with van der Waals surface area (Å²) in [5.74, 6) is 2.88. The van der Waals surface area contributed by atoms with E-state index in [0.717, 1.165) is 61.2 Å². The second-order valence-electron chi connectivity index (χ2n) is 6.95. The molecule has 9 nitrogen and oxygen atoms in total. The monoisotopic (exact) mass is 364 g/mol. The first-order chi connectivity index (χ1) is 13.3. The highest BCUT2D eigenvalue weighted by atomic mass is 16.5. The van der Waals surface area contributed by atoms with Crippen molar-refractivity contribution < 1.29 is 4.52 Å². The third kappa shape index (κ3) is 3.10. The van der Waals surface area contributed by atoms with Crippen LogP contribution >= 0.6 is 0 Å². The van der Waals surface area contributed by atoms with E-state index < -0.39 is 0 Å². The Morgan fingerprint density at radius 2 is 2.07 bits per heavy atom. The van der Waals surface area contributed by atoms with Crippen LogP contribution in [0.15, 0.2) is 41.2 Å². The first-order valence-corrected chi connectivity index (χ1v) is 9.13. The van der Waals surface area contributed by atoms with Crippen molar-refractivity contribution in [1.82, 2.24) is 39.6 Å². The van der Waals surface area contributed by atoms with Crippen LogP contribution in [-0.4, -0.2) is 52.7 Å². The maximum absolute atomic E-state index is 5.16. The van der Waals surface area contributed by atoms with Crippen LogP contribution in [0, 0.1) is 6.92 Å². The maximum atomic E-state index is 5.16. The fraction of sp³-hybridized carbons (Fsp3) is 0.389. The number of piperidine rings is 1. The van der Waals surface area contributed by atoms with E-state index in [0.29, 0.717) is 5.92 Å². The van der Waals surface area contributed by atoms with Gasteiger partial charge in [0.1, 0.15) is 5.76 Å².